The SMILES string of the molecule is C[C@@H](OC(=O)c1ccc2c(c1)OCCO2)C(=O)Nc1ccc(F)c(F)c1F. The Bertz CT molecular complexity index is 903. The van der Waals surface area contributed by atoms with Gasteiger partial charge in [0.1, 0.15) is 13.2 Å². The third-order valence-electron chi connectivity index (χ3n) is 3.72. The number of ether oxygens (including phenoxy) is 3. The minimum Gasteiger partial charge on any atom is -0.486 e. The molecule has 1 aliphatic heterocycles. The second-order valence-electron chi connectivity index (χ2n) is 5.62. The van der Waals surface area contributed by atoms with Crippen LogP contribution in [0.15, 0.2) is 30.3 Å². The topological polar surface area (TPSA) is 73.9 Å². The lowest BCUT2D eigenvalue weighted by atomic mass is 10.2. The molecule has 0 radical (unpaired) electrons. The monoisotopic (exact) mass is 381 g/mol. The zero-order valence-corrected chi connectivity index (χ0v) is 14.1. The van der Waals surface area contributed by atoms with E-state index in [-0.39, 0.29) is 5.56 Å². The van der Waals surface area contributed by atoms with Gasteiger partial charge < -0.3 is 19.5 Å². The Labute approximate surface area is 151 Å². The van der Waals surface area contributed by atoms with Crippen molar-refractivity contribution in [2.24, 2.45) is 0 Å². The highest BCUT2D eigenvalue weighted by molar-refractivity contribution is 5.97. The van der Waals surface area contributed by atoms with Gasteiger partial charge in [-0.3, -0.25) is 4.79 Å². The number of carbonyl (C=O) groups is 2. The molecule has 1 aliphatic rings. The van der Waals surface area contributed by atoms with E-state index in [0.29, 0.717) is 30.8 Å². The minimum absolute atomic E-state index is 0.123. The van der Waals surface area contributed by atoms with Crippen LogP contribution in [0, 0.1) is 17.5 Å². The Morgan fingerprint density at radius 1 is 1.04 bits per heavy atom. The summed E-state index contributed by atoms with van der Waals surface area (Å²) in [5.74, 6) is -5.52. The normalized spacial score (nSPS) is 13.6. The van der Waals surface area contributed by atoms with Gasteiger partial charge in [0.2, 0.25) is 0 Å². The standard InChI is InChI=1S/C18H14F3NO5/c1-9(17(23)22-12-4-3-11(19)15(20)16(12)21)27-18(24)10-2-5-13-14(8-10)26-7-6-25-13/h2-5,8-9H,6-7H2,1H3,(H,22,23)/t9-/m1/s1. The molecule has 0 aliphatic carbocycles. The van der Waals surface area contributed by atoms with Crippen molar-refractivity contribution in [3.8, 4) is 11.5 Å². The van der Waals surface area contributed by atoms with Crippen LogP contribution < -0.4 is 14.8 Å². The largest absolute Gasteiger partial charge is 0.486 e. The number of anilines is 1. The molecule has 2 aromatic carbocycles. The van der Waals surface area contributed by atoms with Crippen LogP contribution in [0.4, 0.5) is 18.9 Å². The van der Waals surface area contributed by atoms with Gasteiger partial charge in [-0.1, -0.05) is 0 Å². The first-order chi connectivity index (χ1) is 12.9. The molecule has 1 N–H and O–H groups in total. The molecule has 6 nitrogen and oxygen atoms in total. The number of fused-ring (bicyclic) bond motifs is 1. The molecule has 0 saturated heterocycles. The quantitative estimate of drug-likeness (QED) is 0.651. The molecule has 142 valence electrons. The third-order valence-corrected chi connectivity index (χ3v) is 3.72. The Kier molecular flexibility index (Phi) is 5.20. The van der Waals surface area contributed by atoms with E-state index < -0.39 is 41.1 Å². The molecule has 0 saturated carbocycles. The maximum absolute atomic E-state index is 13.6. The first-order valence-electron chi connectivity index (χ1n) is 7.92. The highest BCUT2D eigenvalue weighted by atomic mass is 19.2. The van der Waals surface area contributed by atoms with Crippen molar-refractivity contribution in [3.63, 3.8) is 0 Å². The van der Waals surface area contributed by atoms with E-state index >= 15 is 0 Å². The lowest BCUT2D eigenvalue weighted by Gasteiger charge is -2.19. The summed E-state index contributed by atoms with van der Waals surface area (Å²) in [6, 6.07) is 5.92. The maximum Gasteiger partial charge on any atom is 0.339 e. The predicted octanol–water partition coefficient (Wildman–Crippen LogP) is 3.06. The van der Waals surface area contributed by atoms with Crippen molar-refractivity contribution < 1.29 is 37.0 Å². The first kappa shape index (κ1) is 18.6. The van der Waals surface area contributed by atoms with Crippen LogP contribution >= 0.6 is 0 Å². The fourth-order valence-corrected chi connectivity index (χ4v) is 2.31. The average molecular weight is 381 g/mol. The van der Waals surface area contributed by atoms with E-state index in [2.05, 4.69) is 0 Å². The average Bonchev–Trinajstić information content (AvgIpc) is 2.67. The molecular weight excluding hydrogens is 367 g/mol. The maximum atomic E-state index is 13.6. The number of carbonyl (C=O) groups excluding carboxylic acids is 2. The lowest BCUT2D eigenvalue weighted by molar-refractivity contribution is -0.123. The summed E-state index contributed by atoms with van der Waals surface area (Å²) in [4.78, 5) is 24.2. The van der Waals surface area contributed by atoms with Gasteiger partial charge >= 0.3 is 5.97 Å². The van der Waals surface area contributed by atoms with Gasteiger partial charge in [-0.15, -0.1) is 0 Å². The van der Waals surface area contributed by atoms with Crippen molar-refractivity contribution >= 4 is 17.6 Å². The van der Waals surface area contributed by atoms with Crippen LogP contribution in [0.1, 0.15) is 17.3 Å². The van der Waals surface area contributed by atoms with E-state index in [1.165, 1.54) is 25.1 Å². The van der Waals surface area contributed by atoms with Crippen molar-refractivity contribution in [1.29, 1.82) is 0 Å². The molecule has 0 bridgehead atoms. The van der Waals surface area contributed by atoms with Crippen LogP contribution in [0.3, 0.4) is 0 Å². The molecule has 2 aromatic rings. The fourth-order valence-electron chi connectivity index (χ4n) is 2.31. The van der Waals surface area contributed by atoms with Gasteiger partial charge in [0.05, 0.1) is 11.3 Å². The molecule has 9 heteroatoms. The highest BCUT2D eigenvalue weighted by Crippen LogP contribution is 2.31. The number of halogens is 3. The smallest absolute Gasteiger partial charge is 0.339 e. The number of hydrogen-bond donors (Lipinski definition) is 1. The molecule has 3 rings (SSSR count). The summed E-state index contributed by atoms with van der Waals surface area (Å²) in [6.45, 7) is 1.99. The van der Waals surface area contributed by atoms with Gasteiger partial charge in [0, 0.05) is 0 Å². The van der Waals surface area contributed by atoms with Gasteiger partial charge in [-0.05, 0) is 37.3 Å². The molecule has 1 amide bonds. The predicted molar refractivity (Wildman–Crippen MR) is 87.3 cm³/mol. The van der Waals surface area contributed by atoms with Crippen molar-refractivity contribution in [3.05, 3.63) is 53.3 Å². The Morgan fingerprint density at radius 3 is 2.48 bits per heavy atom. The van der Waals surface area contributed by atoms with E-state index in [4.69, 9.17) is 14.2 Å². The minimum atomic E-state index is -1.71. The molecule has 0 unspecified atom stereocenters. The number of benzene rings is 2. The Morgan fingerprint density at radius 2 is 1.74 bits per heavy atom. The number of hydrogen-bond acceptors (Lipinski definition) is 5. The third kappa shape index (κ3) is 3.97. The van der Waals surface area contributed by atoms with E-state index in [1.807, 2.05) is 5.32 Å². The van der Waals surface area contributed by atoms with Gasteiger partial charge in [0.25, 0.3) is 5.91 Å². The molecule has 0 spiro atoms. The van der Waals surface area contributed by atoms with Crippen molar-refractivity contribution in [2.45, 2.75) is 13.0 Å². The molecular formula is C18H14F3NO5. The Hall–Kier alpha value is -3.23. The van der Waals surface area contributed by atoms with E-state index in [1.54, 1.807) is 0 Å². The van der Waals surface area contributed by atoms with Crippen LogP contribution in [0.2, 0.25) is 0 Å². The van der Waals surface area contributed by atoms with Crippen LogP contribution in [0.5, 0.6) is 11.5 Å². The molecule has 0 aromatic heterocycles. The molecule has 1 heterocycles. The second-order valence-corrected chi connectivity index (χ2v) is 5.62. The summed E-state index contributed by atoms with van der Waals surface area (Å²) in [7, 11) is 0. The highest BCUT2D eigenvalue weighted by Gasteiger charge is 2.23. The first-order valence-corrected chi connectivity index (χ1v) is 7.92. The zero-order chi connectivity index (χ0) is 19.6. The van der Waals surface area contributed by atoms with Crippen LogP contribution in [-0.4, -0.2) is 31.2 Å². The summed E-state index contributed by atoms with van der Waals surface area (Å²) >= 11 is 0. The van der Waals surface area contributed by atoms with Gasteiger partial charge in [-0.25, -0.2) is 18.0 Å². The molecule has 0 fully saturated rings. The number of amides is 1. The fraction of sp³-hybridized carbons (Fsp3) is 0.222. The summed E-state index contributed by atoms with van der Waals surface area (Å²) < 4.78 is 55.4. The van der Waals surface area contributed by atoms with Crippen molar-refractivity contribution in [1.82, 2.24) is 0 Å². The number of esters is 1. The van der Waals surface area contributed by atoms with Gasteiger partial charge in [0.15, 0.2) is 35.1 Å². The van der Waals surface area contributed by atoms with Crippen LogP contribution in [0.25, 0.3) is 0 Å². The molecule has 1 atom stereocenters. The van der Waals surface area contributed by atoms with Gasteiger partial charge in [-0.2, -0.15) is 0 Å². The van der Waals surface area contributed by atoms with Crippen LogP contribution in [-0.2, 0) is 9.53 Å². The number of rotatable bonds is 4. The summed E-state index contributed by atoms with van der Waals surface area (Å²) in [5.41, 5.74) is -0.445. The Balaban J connectivity index is 1.66. The second kappa shape index (κ2) is 7.56. The van der Waals surface area contributed by atoms with E-state index in [9.17, 15) is 22.8 Å². The van der Waals surface area contributed by atoms with E-state index in [0.717, 1.165) is 6.07 Å². The summed E-state index contributed by atoms with van der Waals surface area (Å²) in [6.07, 6.45) is -1.32. The zero-order valence-electron chi connectivity index (χ0n) is 14.1. The number of nitrogens with one attached hydrogen (secondary N) is 1. The summed E-state index contributed by atoms with van der Waals surface area (Å²) in [5, 5.41) is 2.04. The molecule has 27 heavy (non-hydrogen) atoms. The lowest BCUT2D eigenvalue weighted by Crippen LogP contribution is -2.30. The van der Waals surface area contributed by atoms with Crippen molar-refractivity contribution in [2.75, 3.05) is 18.5 Å².